The SMILES string of the molecule is CC[C@H](C)[C@@H](C(=O)N[C@@H](Cc1ccccc1)[C@H](O)CN(CC1CCCC1)S(=O)(=O)c1ccc(/C=N/O)cc1)N(Cc1ccccn1)C(=O)O. The molecular weight excluding hydrogens is 646 g/mol. The van der Waals surface area contributed by atoms with Crippen LogP contribution in [-0.4, -0.2) is 87.5 Å². The molecule has 1 aliphatic rings. The summed E-state index contributed by atoms with van der Waals surface area (Å²) in [6, 6.07) is 18.3. The molecule has 0 aliphatic heterocycles. The molecule has 13 heteroatoms. The first-order valence-electron chi connectivity index (χ1n) is 16.7. The fraction of sp³-hybridized carbons (Fsp3) is 0.444. The minimum Gasteiger partial charge on any atom is -0.465 e. The van der Waals surface area contributed by atoms with Crippen LogP contribution in [0.2, 0.25) is 0 Å². The Bertz CT molecular complexity index is 1620. The maximum absolute atomic E-state index is 14.1. The zero-order chi connectivity index (χ0) is 35.4. The van der Waals surface area contributed by atoms with Crippen molar-refractivity contribution >= 4 is 28.2 Å². The topological polar surface area (TPSA) is 173 Å². The van der Waals surface area contributed by atoms with E-state index in [1.165, 1.54) is 34.8 Å². The smallest absolute Gasteiger partial charge is 0.408 e. The largest absolute Gasteiger partial charge is 0.465 e. The maximum atomic E-state index is 14.1. The van der Waals surface area contributed by atoms with E-state index in [1.807, 2.05) is 37.3 Å². The van der Waals surface area contributed by atoms with Gasteiger partial charge in [0.15, 0.2) is 0 Å². The van der Waals surface area contributed by atoms with Gasteiger partial charge in [-0.05, 0) is 66.5 Å². The lowest BCUT2D eigenvalue weighted by atomic mass is 9.94. The van der Waals surface area contributed by atoms with Crippen molar-refractivity contribution in [2.24, 2.45) is 17.0 Å². The predicted octanol–water partition coefficient (Wildman–Crippen LogP) is 4.75. The highest BCUT2D eigenvalue weighted by Gasteiger charge is 2.38. The maximum Gasteiger partial charge on any atom is 0.408 e. The summed E-state index contributed by atoms with van der Waals surface area (Å²) in [6.07, 6.45) is 4.56. The molecule has 0 saturated heterocycles. The number of hydrogen-bond acceptors (Lipinski definition) is 8. The number of aliphatic hydroxyl groups is 1. The highest BCUT2D eigenvalue weighted by molar-refractivity contribution is 7.89. The lowest BCUT2D eigenvalue weighted by Gasteiger charge is -2.35. The van der Waals surface area contributed by atoms with E-state index in [0.717, 1.165) is 36.1 Å². The van der Waals surface area contributed by atoms with Crippen molar-refractivity contribution in [1.29, 1.82) is 0 Å². The number of rotatable bonds is 17. The van der Waals surface area contributed by atoms with E-state index in [9.17, 15) is 28.2 Å². The molecule has 2 aromatic carbocycles. The number of pyridine rings is 1. The first-order valence-corrected chi connectivity index (χ1v) is 18.2. The number of benzene rings is 2. The third-order valence-corrected chi connectivity index (χ3v) is 11.1. The number of hydrogen-bond donors (Lipinski definition) is 4. The molecule has 12 nitrogen and oxygen atoms in total. The summed E-state index contributed by atoms with van der Waals surface area (Å²) in [7, 11) is -4.08. The van der Waals surface area contributed by atoms with Gasteiger partial charge in [0.25, 0.3) is 0 Å². The minimum atomic E-state index is -4.08. The second-order valence-corrected chi connectivity index (χ2v) is 14.7. The van der Waals surface area contributed by atoms with Crippen LogP contribution < -0.4 is 5.32 Å². The van der Waals surface area contributed by atoms with Crippen molar-refractivity contribution in [3.05, 3.63) is 95.8 Å². The van der Waals surface area contributed by atoms with Crippen LogP contribution in [0.1, 0.15) is 62.8 Å². The van der Waals surface area contributed by atoms with Crippen LogP contribution in [0, 0.1) is 11.8 Å². The second-order valence-electron chi connectivity index (χ2n) is 12.7. The first kappa shape index (κ1) is 37.5. The van der Waals surface area contributed by atoms with Gasteiger partial charge in [-0.2, -0.15) is 4.31 Å². The standard InChI is InChI=1S/C36H47N5O7S/c1-3-26(2)34(41(36(44)45)24-30-15-9-10-20-37-30)35(43)39-32(21-27-11-5-4-6-12-27)33(42)25-40(23-29-13-7-8-14-29)49(47,48)31-18-16-28(17-19-31)22-38-46/h4-6,9-12,15-20,22,26,29,32-34,42,46H,3,7-8,13-14,21,23-25H2,1-2H3,(H,39,43)(H,44,45)/b38-22+/t26-,32-,33+,34-/m0/s1. The van der Waals surface area contributed by atoms with Gasteiger partial charge in [0.05, 0.1) is 35.5 Å². The van der Waals surface area contributed by atoms with E-state index in [-0.39, 0.29) is 42.8 Å². The highest BCUT2D eigenvalue weighted by Crippen LogP contribution is 2.28. The summed E-state index contributed by atoms with van der Waals surface area (Å²) in [5.74, 6) is -0.845. The van der Waals surface area contributed by atoms with Gasteiger partial charge in [-0.3, -0.25) is 14.7 Å². The molecule has 3 aromatic rings. The first-order chi connectivity index (χ1) is 23.5. The molecular formula is C36H47N5O7S. The summed E-state index contributed by atoms with van der Waals surface area (Å²) in [5, 5.41) is 36.9. The fourth-order valence-corrected chi connectivity index (χ4v) is 7.86. The summed E-state index contributed by atoms with van der Waals surface area (Å²) in [5.41, 5.74) is 1.81. The van der Waals surface area contributed by atoms with Gasteiger partial charge in [0.1, 0.15) is 6.04 Å². The summed E-state index contributed by atoms with van der Waals surface area (Å²) in [4.78, 5) is 32.1. The fourth-order valence-electron chi connectivity index (χ4n) is 6.33. The Morgan fingerprint density at radius 1 is 1.04 bits per heavy atom. The number of nitrogens with zero attached hydrogens (tertiary/aromatic N) is 4. The normalized spacial score (nSPS) is 16.3. The van der Waals surface area contributed by atoms with Crippen molar-refractivity contribution in [1.82, 2.24) is 19.5 Å². The molecule has 1 fully saturated rings. The van der Waals surface area contributed by atoms with Crippen LogP contribution >= 0.6 is 0 Å². The van der Waals surface area contributed by atoms with Crippen LogP contribution in [0.15, 0.2) is 89.0 Å². The van der Waals surface area contributed by atoms with Gasteiger partial charge in [0, 0.05) is 19.3 Å². The third-order valence-electron chi connectivity index (χ3n) is 9.23. The van der Waals surface area contributed by atoms with Gasteiger partial charge in [0.2, 0.25) is 15.9 Å². The highest BCUT2D eigenvalue weighted by atomic mass is 32.2. The Balaban J connectivity index is 1.65. The molecule has 0 spiro atoms. The van der Waals surface area contributed by atoms with E-state index >= 15 is 0 Å². The van der Waals surface area contributed by atoms with Crippen molar-refractivity contribution in [3.8, 4) is 0 Å². The molecule has 1 heterocycles. The lowest BCUT2D eigenvalue weighted by molar-refractivity contribution is -0.129. The molecule has 1 aromatic heterocycles. The van der Waals surface area contributed by atoms with Crippen molar-refractivity contribution in [2.75, 3.05) is 13.1 Å². The van der Waals surface area contributed by atoms with Crippen LogP contribution in [0.5, 0.6) is 0 Å². The zero-order valence-corrected chi connectivity index (χ0v) is 28.8. The Morgan fingerprint density at radius 3 is 2.31 bits per heavy atom. The molecule has 4 atom stereocenters. The molecule has 4 rings (SSSR count). The molecule has 2 amide bonds. The van der Waals surface area contributed by atoms with E-state index < -0.39 is 40.2 Å². The minimum absolute atomic E-state index is 0.0277. The van der Waals surface area contributed by atoms with Crippen LogP contribution in [0.3, 0.4) is 0 Å². The van der Waals surface area contributed by atoms with E-state index in [4.69, 9.17) is 5.21 Å². The molecule has 4 N–H and O–H groups in total. The van der Waals surface area contributed by atoms with Gasteiger partial charge in [-0.15, -0.1) is 0 Å². The second kappa shape index (κ2) is 17.9. The predicted molar refractivity (Wildman–Crippen MR) is 186 cm³/mol. The average Bonchev–Trinajstić information content (AvgIpc) is 3.62. The lowest BCUT2D eigenvalue weighted by Crippen LogP contribution is -2.58. The Kier molecular flexibility index (Phi) is 13.7. The molecule has 0 radical (unpaired) electrons. The molecule has 49 heavy (non-hydrogen) atoms. The van der Waals surface area contributed by atoms with Gasteiger partial charge in [-0.25, -0.2) is 13.2 Å². The quantitative estimate of drug-likeness (QED) is 0.0891. The summed E-state index contributed by atoms with van der Waals surface area (Å²) < 4.78 is 29.4. The third kappa shape index (κ3) is 10.3. The van der Waals surface area contributed by atoms with Gasteiger partial charge < -0.3 is 20.7 Å². The average molecular weight is 694 g/mol. The number of carboxylic acid groups (broad SMARTS) is 1. The van der Waals surface area contributed by atoms with Crippen LogP contribution in [0.4, 0.5) is 4.79 Å². The monoisotopic (exact) mass is 693 g/mol. The summed E-state index contributed by atoms with van der Waals surface area (Å²) in [6.45, 7) is 3.48. The van der Waals surface area contributed by atoms with E-state index in [1.54, 1.807) is 31.3 Å². The van der Waals surface area contributed by atoms with Gasteiger partial charge in [-0.1, -0.05) is 86.8 Å². The number of nitrogens with one attached hydrogen (secondary N) is 1. The van der Waals surface area contributed by atoms with Gasteiger partial charge >= 0.3 is 6.09 Å². The molecule has 264 valence electrons. The van der Waals surface area contributed by atoms with Crippen molar-refractivity contribution < 1.29 is 33.4 Å². The van der Waals surface area contributed by atoms with E-state index in [2.05, 4.69) is 15.5 Å². The number of amides is 2. The number of sulfonamides is 1. The van der Waals surface area contributed by atoms with E-state index in [0.29, 0.717) is 17.7 Å². The number of aromatic nitrogens is 1. The number of carbonyl (C=O) groups excluding carboxylic acids is 1. The Labute approximate surface area is 288 Å². The molecule has 1 saturated carbocycles. The number of aliphatic hydroxyl groups excluding tert-OH is 1. The molecule has 1 aliphatic carbocycles. The van der Waals surface area contributed by atoms with Crippen molar-refractivity contribution in [3.63, 3.8) is 0 Å². The Hall–Kier alpha value is -4.33. The zero-order valence-electron chi connectivity index (χ0n) is 28.0. The number of carbonyl (C=O) groups is 2. The van der Waals surface area contributed by atoms with Crippen molar-refractivity contribution in [2.45, 2.75) is 82.0 Å². The summed E-state index contributed by atoms with van der Waals surface area (Å²) >= 11 is 0. The Morgan fingerprint density at radius 2 is 1.71 bits per heavy atom. The molecule has 0 unspecified atom stereocenters. The number of oxime groups is 1. The molecule has 0 bridgehead atoms. The van der Waals surface area contributed by atoms with Crippen LogP contribution in [0.25, 0.3) is 0 Å². The van der Waals surface area contributed by atoms with Crippen LogP contribution in [-0.2, 0) is 27.8 Å².